The molecule has 45 heavy (non-hydrogen) atoms. The summed E-state index contributed by atoms with van der Waals surface area (Å²) in [6.07, 6.45) is -3.86. The van der Waals surface area contributed by atoms with E-state index in [0.29, 0.717) is 30.6 Å². The Morgan fingerprint density at radius 1 is 0.689 bits per heavy atom. The van der Waals surface area contributed by atoms with Gasteiger partial charge in [0.15, 0.2) is 11.6 Å². The molecule has 2 aromatic carbocycles. The first kappa shape index (κ1) is 34.7. The van der Waals surface area contributed by atoms with Crippen LogP contribution in [-0.4, -0.2) is 6.11 Å². The third kappa shape index (κ3) is 8.35. The van der Waals surface area contributed by atoms with E-state index in [1.807, 2.05) is 0 Å². The lowest BCUT2D eigenvalue weighted by Gasteiger charge is -2.39. The fourth-order valence-corrected chi connectivity index (χ4v) is 6.43. The van der Waals surface area contributed by atoms with Gasteiger partial charge in [-0.25, -0.2) is 17.6 Å². The van der Waals surface area contributed by atoms with E-state index in [1.165, 1.54) is 6.42 Å². The Kier molecular flexibility index (Phi) is 10.8. The van der Waals surface area contributed by atoms with Crippen molar-refractivity contribution in [2.45, 2.75) is 83.3 Å². The second kappa shape index (κ2) is 14.1. The number of ether oxygens (including phenoxy) is 3. The van der Waals surface area contributed by atoms with Crippen LogP contribution in [0.4, 0.5) is 48.3 Å². The van der Waals surface area contributed by atoms with Crippen molar-refractivity contribution < 1.29 is 62.5 Å². The molecule has 0 heterocycles. The lowest BCUT2D eigenvalue weighted by atomic mass is 9.68. The van der Waals surface area contributed by atoms with E-state index in [4.69, 9.17) is 0 Å². The predicted molar refractivity (Wildman–Crippen MR) is 140 cm³/mol. The fourth-order valence-electron chi connectivity index (χ4n) is 6.43. The van der Waals surface area contributed by atoms with Crippen LogP contribution in [0.1, 0.15) is 76.7 Å². The fraction of sp³-hybridized carbons (Fsp3) is 0.548. The van der Waals surface area contributed by atoms with E-state index in [9.17, 15) is 39.5 Å². The molecule has 0 aromatic heterocycles. The normalized spacial score (nSPS) is 22.6. The van der Waals surface area contributed by atoms with Crippen LogP contribution in [0.3, 0.4) is 0 Å². The molecule has 14 heteroatoms. The van der Waals surface area contributed by atoms with Gasteiger partial charge in [0.2, 0.25) is 5.75 Å². The summed E-state index contributed by atoms with van der Waals surface area (Å²) in [4.78, 5) is 0. The van der Waals surface area contributed by atoms with Crippen LogP contribution >= 0.6 is 0 Å². The van der Waals surface area contributed by atoms with Gasteiger partial charge in [0, 0.05) is 24.3 Å². The Morgan fingerprint density at radius 2 is 1.16 bits per heavy atom. The van der Waals surface area contributed by atoms with Gasteiger partial charge in [-0.05, 0) is 56.3 Å². The molecule has 2 fully saturated rings. The molecule has 0 unspecified atom stereocenters. The van der Waals surface area contributed by atoms with E-state index in [1.54, 1.807) is 0 Å². The van der Waals surface area contributed by atoms with E-state index in [2.05, 4.69) is 21.1 Å². The highest BCUT2D eigenvalue weighted by Gasteiger charge is 2.46. The van der Waals surface area contributed by atoms with Crippen LogP contribution in [0.15, 0.2) is 36.4 Å². The van der Waals surface area contributed by atoms with Crippen LogP contribution in [0, 0.1) is 46.9 Å². The Balaban J connectivity index is 1.40. The molecule has 2 aromatic rings. The van der Waals surface area contributed by atoms with E-state index in [-0.39, 0.29) is 37.1 Å². The van der Waals surface area contributed by atoms with Crippen molar-refractivity contribution in [1.82, 2.24) is 0 Å². The number of alkyl halides is 4. The van der Waals surface area contributed by atoms with Gasteiger partial charge in [0.25, 0.3) is 0 Å². The van der Waals surface area contributed by atoms with Crippen LogP contribution < -0.4 is 14.2 Å². The summed E-state index contributed by atoms with van der Waals surface area (Å²) in [6, 6.07) is -2.56. The first-order valence-corrected chi connectivity index (χ1v) is 14.6. The molecule has 2 saturated carbocycles. The smallest absolute Gasteiger partial charge is 0.432 e. The molecule has 250 valence electrons. The maximum Gasteiger partial charge on any atom is 0.432 e. The number of benzene rings is 2. The van der Waals surface area contributed by atoms with Gasteiger partial charge < -0.3 is 14.2 Å². The van der Waals surface area contributed by atoms with E-state index >= 15 is 8.78 Å². The highest BCUT2D eigenvalue weighted by molar-refractivity contribution is 5.37. The molecule has 3 nitrogen and oxygen atoms in total. The maximum absolute atomic E-state index is 15.0. The molecule has 0 bridgehead atoms. The number of hydrogen-bond acceptors (Lipinski definition) is 3. The Labute approximate surface area is 252 Å². The highest BCUT2D eigenvalue weighted by Crippen LogP contribution is 2.46. The minimum absolute atomic E-state index is 0.0459. The first-order chi connectivity index (χ1) is 21.1. The van der Waals surface area contributed by atoms with Crippen molar-refractivity contribution >= 4 is 0 Å². The molecule has 0 saturated heterocycles. The van der Waals surface area contributed by atoms with Crippen molar-refractivity contribution in [2.75, 3.05) is 0 Å². The average Bonchev–Trinajstić information content (AvgIpc) is 2.94. The minimum atomic E-state index is -4.97. The largest absolute Gasteiger partial charge is 0.432 e. The van der Waals surface area contributed by atoms with Crippen molar-refractivity contribution in [3.63, 3.8) is 0 Å². The molecule has 0 atom stereocenters. The minimum Gasteiger partial charge on any atom is -0.432 e. The highest BCUT2D eigenvalue weighted by atomic mass is 19.3. The van der Waals surface area contributed by atoms with Gasteiger partial charge in [-0.1, -0.05) is 32.6 Å². The number of halogens is 11. The summed E-state index contributed by atoms with van der Waals surface area (Å²) in [6.45, 7) is 2.15. The van der Waals surface area contributed by atoms with Gasteiger partial charge in [0.05, 0.1) is 5.92 Å². The van der Waals surface area contributed by atoms with Crippen LogP contribution in [0.25, 0.3) is 0 Å². The predicted octanol–water partition coefficient (Wildman–Crippen LogP) is 11.2. The van der Waals surface area contributed by atoms with Gasteiger partial charge in [-0.3, -0.25) is 0 Å². The summed E-state index contributed by atoms with van der Waals surface area (Å²) >= 11 is 0. The molecule has 4 rings (SSSR count). The van der Waals surface area contributed by atoms with Gasteiger partial charge in [-0.2, -0.15) is 30.7 Å². The third-order valence-corrected chi connectivity index (χ3v) is 8.62. The molecule has 2 aliphatic carbocycles. The number of rotatable bonds is 11. The Bertz CT molecular complexity index is 1310. The lowest BCUT2D eigenvalue weighted by molar-refractivity contribution is -0.224. The van der Waals surface area contributed by atoms with Gasteiger partial charge in [0.1, 0.15) is 28.7 Å². The summed E-state index contributed by atoms with van der Waals surface area (Å²) in [5, 5.41) is 0. The summed E-state index contributed by atoms with van der Waals surface area (Å²) < 4.78 is 166. The maximum atomic E-state index is 15.0. The molecule has 2 aliphatic rings. The Hall–Kier alpha value is -3.19. The zero-order valence-electron chi connectivity index (χ0n) is 24.1. The molecule has 0 amide bonds. The van der Waals surface area contributed by atoms with Crippen molar-refractivity contribution in [3.8, 4) is 17.2 Å². The molecule has 0 aliphatic heterocycles. The number of hydrogen-bond donors (Lipinski definition) is 0. The zero-order chi connectivity index (χ0) is 33.1. The molecule has 0 N–H and O–H groups in total. The second-order valence-corrected chi connectivity index (χ2v) is 11.6. The van der Waals surface area contributed by atoms with Crippen LogP contribution in [0.5, 0.6) is 17.2 Å². The van der Waals surface area contributed by atoms with Crippen molar-refractivity contribution in [1.29, 1.82) is 0 Å². The second-order valence-electron chi connectivity index (χ2n) is 11.6. The van der Waals surface area contributed by atoms with E-state index in [0.717, 1.165) is 32.1 Å². The zero-order valence-corrected chi connectivity index (χ0v) is 24.1. The first-order valence-electron chi connectivity index (χ1n) is 14.6. The topological polar surface area (TPSA) is 27.7 Å². The molecule has 0 radical (unpaired) electrons. The summed E-state index contributed by atoms with van der Waals surface area (Å²) in [5.74, 6) is -12.1. The monoisotopic (exact) mass is 660 g/mol. The van der Waals surface area contributed by atoms with Gasteiger partial charge >= 0.3 is 24.3 Å². The lowest BCUT2D eigenvalue weighted by Crippen LogP contribution is -2.38. The molecular weight excluding hydrogens is 629 g/mol. The molecule has 0 spiro atoms. The van der Waals surface area contributed by atoms with E-state index < -0.39 is 76.3 Å². The summed E-state index contributed by atoms with van der Waals surface area (Å²) in [5.41, 5.74) is -2.10. The summed E-state index contributed by atoms with van der Waals surface area (Å²) in [7, 11) is 0. The van der Waals surface area contributed by atoms with Gasteiger partial charge in [-0.15, -0.1) is 0 Å². The molecular formula is C31H31F11O3. The van der Waals surface area contributed by atoms with Crippen LogP contribution in [-0.2, 0) is 6.11 Å². The quantitative estimate of drug-likeness (QED) is 0.177. The Morgan fingerprint density at radius 3 is 1.64 bits per heavy atom. The standard InChI is InChI=1S/C31H31F11O3/c1-2-3-16-4-6-17(7-5-16)18-8-10-19(11-9-18)30(39,40)44-20-12-22(32)26(23(33)13-20)31(41,42)45-21-14-24(34)27(25(35)15-21)43-29(38)28(36)37/h12-19H,2-11H2,1H3. The van der Waals surface area contributed by atoms with Crippen molar-refractivity contribution in [3.05, 3.63) is 65.2 Å². The van der Waals surface area contributed by atoms with Crippen molar-refractivity contribution in [2.24, 2.45) is 23.7 Å². The SMILES string of the molecule is CCCC1CCC(C2CCC(C(F)(F)Oc3cc(F)c(C(F)(F)Oc4cc(F)c(OC(F)=C(F)F)c(F)c4)c(F)c3)CC2)CC1. The van der Waals surface area contributed by atoms with Crippen LogP contribution in [0.2, 0.25) is 0 Å². The third-order valence-electron chi connectivity index (χ3n) is 8.62. The average molecular weight is 661 g/mol.